The maximum Gasteiger partial charge on any atom is 0.284 e. The van der Waals surface area contributed by atoms with E-state index in [2.05, 4.69) is 15.0 Å². The highest BCUT2D eigenvalue weighted by Crippen LogP contribution is 2.20. The second-order valence-electron chi connectivity index (χ2n) is 4.34. The van der Waals surface area contributed by atoms with Gasteiger partial charge in [0.25, 0.3) is 17.8 Å². The third-order valence-corrected chi connectivity index (χ3v) is 2.52. The average molecular weight is 360 g/mol. The number of anilines is 3. The lowest BCUT2D eigenvalue weighted by Gasteiger charge is -2.24. The summed E-state index contributed by atoms with van der Waals surface area (Å²) in [4.78, 5) is 40.0. The molecule has 0 radical (unpaired) electrons. The SMILES string of the molecule is CCON(C)c1nc(N(OCC)OCC)nc(N(OCC)OCC)n1. The summed E-state index contributed by atoms with van der Waals surface area (Å²) in [6.45, 7) is 11.1. The van der Waals surface area contributed by atoms with Crippen molar-refractivity contribution >= 4 is 17.8 Å². The van der Waals surface area contributed by atoms with Gasteiger partial charge < -0.3 is 0 Å². The number of nitrogens with zero attached hydrogens (tertiary/aromatic N) is 6. The lowest BCUT2D eigenvalue weighted by atomic mass is 10.8. The van der Waals surface area contributed by atoms with E-state index in [1.165, 1.54) is 5.06 Å². The minimum Gasteiger partial charge on any atom is -0.271 e. The maximum atomic E-state index is 5.42. The molecule has 1 aromatic heterocycles. The van der Waals surface area contributed by atoms with Crippen LogP contribution in [-0.4, -0.2) is 55.0 Å². The summed E-state index contributed by atoms with van der Waals surface area (Å²) < 4.78 is 0. The molecular formula is C14H28N6O5. The monoisotopic (exact) mass is 360 g/mol. The van der Waals surface area contributed by atoms with E-state index in [1.54, 1.807) is 7.05 Å². The van der Waals surface area contributed by atoms with Crippen LogP contribution < -0.4 is 15.5 Å². The van der Waals surface area contributed by atoms with Gasteiger partial charge in [0.15, 0.2) is 0 Å². The molecule has 0 aliphatic carbocycles. The Morgan fingerprint density at radius 1 is 0.560 bits per heavy atom. The fraction of sp³-hybridized carbons (Fsp3) is 0.786. The second-order valence-corrected chi connectivity index (χ2v) is 4.34. The van der Waals surface area contributed by atoms with Gasteiger partial charge in [-0.3, -0.25) is 4.84 Å². The van der Waals surface area contributed by atoms with Crippen LogP contribution in [0.3, 0.4) is 0 Å². The number of hydrogen-bond acceptors (Lipinski definition) is 11. The molecule has 11 heteroatoms. The number of aromatic nitrogens is 3. The van der Waals surface area contributed by atoms with Gasteiger partial charge in [-0.05, 0) is 34.6 Å². The van der Waals surface area contributed by atoms with Crippen LogP contribution in [0.1, 0.15) is 34.6 Å². The molecule has 0 fully saturated rings. The smallest absolute Gasteiger partial charge is 0.271 e. The highest BCUT2D eigenvalue weighted by atomic mass is 17.0. The summed E-state index contributed by atoms with van der Waals surface area (Å²) in [6, 6.07) is 0. The Bertz CT molecular complexity index is 449. The van der Waals surface area contributed by atoms with Crippen LogP contribution in [0.4, 0.5) is 17.8 Å². The van der Waals surface area contributed by atoms with E-state index in [9.17, 15) is 0 Å². The van der Waals surface area contributed by atoms with Crippen LogP contribution in [0.15, 0.2) is 0 Å². The molecule has 0 N–H and O–H groups in total. The summed E-state index contributed by atoms with van der Waals surface area (Å²) >= 11 is 0. The molecule has 0 aromatic carbocycles. The topological polar surface area (TPSA) is 94.5 Å². The molecule has 25 heavy (non-hydrogen) atoms. The van der Waals surface area contributed by atoms with Crippen molar-refractivity contribution < 1.29 is 24.2 Å². The van der Waals surface area contributed by atoms with Gasteiger partial charge in [0.2, 0.25) is 0 Å². The van der Waals surface area contributed by atoms with Crippen LogP contribution in [0.25, 0.3) is 0 Å². The van der Waals surface area contributed by atoms with Gasteiger partial charge in [0.05, 0.1) is 33.0 Å². The van der Waals surface area contributed by atoms with E-state index < -0.39 is 0 Å². The van der Waals surface area contributed by atoms with E-state index in [-0.39, 0.29) is 17.8 Å². The molecule has 1 heterocycles. The van der Waals surface area contributed by atoms with E-state index in [0.29, 0.717) is 33.0 Å². The van der Waals surface area contributed by atoms with Gasteiger partial charge in [0.1, 0.15) is 0 Å². The molecule has 0 aliphatic rings. The van der Waals surface area contributed by atoms with E-state index >= 15 is 0 Å². The van der Waals surface area contributed by atoms with Gasteiger partial charge in [0, 0.05) is 7.05 Å². The zero-order valence-electron chi connectivity index (χ0n) is 15.8. The summed E-state index contributed by atoms with van der Waals surface area (Å²) in [6.07, 6.45) is 0. The number of hydroxylamine groups is 1. The fourth-order valence-corrected chi connectivity index (χ4v) is 1.67. The molecule has 0 aliphatic heterocycles. The molecular weight excluding hydrogens is 332 g/mol. The molecule has 11 nitrogen and oxygen atoms in total. The Morgan fingerprint density at radius 3 is 1.20 bits per heavy atom. The molecule has 0 amide bonds. The van der Waals surface area contributed by atoms with E-state index in [4.69, 9.17) is 24.2 Å². The largest absolute Gasteiger partial charge is 0.284 e. The minimum absolute atomic E-state index is 0.139. The Balaban J connectivity index is 3.28. The lowest BCUT2D eigenvalue weighted by Crippen LogP contribution is -2.31. The minimum atomic E-state index is 0.139. The summed E-state index contributed by atoms with van der Waals surface area (Å²) in [5.74, 6) is 0.523. The third-order valence-electron chi connectivity index (χ3n) is 2.52. The summed E-state index contributed by atoms with van der Waals surface area (Å²) in [7, 11) is 1.68. The summed E-state index contributed by atoms with van der Waals surface area (Å²) in [5.41, 5.74) is 0. The van der Waals surface area contributed by atoms with Gasteiger partial charge in [-0.15, -0.1) is 0 Å². The van der Waals surface area contributed by atoms with Gasteiger partial charge in [-0.1, -0.05) is 10.5 Å². The van der Waals surface area contributed by atoms with Crippen LogP contribution in [0.5, 0.6) is 0 Å². The Hall–Kier alpha value is -1.79. The Morgan fingerprint density at radius 2 is 0.880 bits per heavy atom. The Kier molecular flexibility index (Phi) is 9.96. The van der Waals surface area contributed by atoms with Gasteiger partial charge in [-0.2, -0.15) is 15.0 Å². The molecule has 1 aromatic rings. The predicted molar refractivity (Wildman–Crippen MR) is 91.3 cm³/mol. The van der Waals surface area contributed by atoms with Gasteiger partial charge >= 0.3 is 0 Å². The first-order valence-electron chi connectivity index (χ1n) is 8.35. The van der Waals surface area contributed by atoms with Gasteiger partial charge in [-0.25, -0.2) is 24.4 Å². The third kappa shape index (κ3) is 6.55. The lowest BCUT2D eigenvalue weighted by molar-refractivity contribution is -0.0898. The van der Waals surface area contributed by atoms with Crippen LogP contribution in [-0.2, 0) is 24.2 Å². The average Bonchev–Trinajstić information content (AvgIpc) is 2.61. The van der Waals surface area contributed by atoms with Crippen molar-refractivity contribution in [2.45, 2.75) is 34.6 Å². The van der Waals surface area contributed by atoms with Crippen molar-refractivity contribution in [3.05, 3.63) is 0 Å². The maximum absolute atomic E-state index is 5.42. The zero-order chi connectivity index (χ0) is 18.7. The Labute approximate surface area is 148 Å². The van der Waals surface area contributed by atoms with E-state index in [1.807, 2.05) is 34.6 Å². The standard InChI is InChI=1S/C14H28N6O5/c1-7-21-18(6)12-15-13(19(22-8-2)23-9-3)17-14(16-12)20(24-10-4)25-11-5/h7-11H2,1-6H3. The van der Waals surface area contributed by atoms with Crippen molar-refractivity contribution in [3.8, 4) is 0 Å². The first-order valence-corrected chi connectivity index (χ1v) is 8.35. The van der Waals surface area contributed by atoms with Crippen LogP contribution in [0.2, 0.25) is 0 Å². The normalized spacial score (nSPS) is 10.8. The van der Waals surface area contributed by atoms with Crippen molar-refractivity contribution in [2.24, 2.45) is 0 Å². The van der Waals surface area contributed by atoms with Crippen molar-refractivity contribution in [3.63, 3.8) is 0 Å². The van der Waals surface area contributed by atoms with Crippen LogP contribution in [0, 0.1) is 0 Å². The fourth-order valence-electron chi connectivity index (χ4n) is 1.67. The first kappa shape index (κ1) is 21.3. The highest BCUT2D eigenvalue weighted by Gasteiger charge is 2.21. The van der Waals surface area contributed by atoms with Crippen molar-refractivity contribution in [1.29, 1.82) is 0 Å². The molecule has 0 unspecified atom stereocenters. The molecule has 0 atom stereocenters. The molecule has 0 saturated heterocycles. The van der Waals surface area contributed by atoms with Crippen LogP contribution >= 0.6 is 0 Å². The predicted octanol–water partition coefficient (Wildman–Crippen LogP) is 1.68. The molecule has 0 bridgehead atoms. The van der Waals surface area contributed by atoms with Crippen molar-refractivity contribution in [1.82, 2.24) is 15.0 Å². The number of rotatable bonds is 13. The first-order chi connectivity index (χ1) is 12.1. The number of hydrogen-bond donors (Lipinski definition) is 0. The van der Waals surface area contributed by atoms with E-state index in [0.717, 1.165) is 10.5 Å². The molecule has 0 spiro atoms. The highest BCUT2D eigenvalue weighted by molar-refractivity contribution is 5.41. The second kappa shape index (κ2) is 11.7. The molecule has 144 valence electrons. The van der Waals surface area contributed by atoms with Crippen molar-refractivity contribution in [2.75, 3.05) is 55.6 Å². The quantitative estimate of drug-likeness (QED) is 0.481. The summed E-state index contributed by atoms with van der Waals surface area (Å²) in [5, 5.41) is 3.68. The molecule has 1 rings (SSSR count). The molecule has 0 saturated carbocycles. The zero-order valence-corrected chi connectivity index (χ0v) is 15.8.